The van der Waals surface area contributed by atoms with Crippen molar-refractivity contribution in [3.63, 3.8) is 0 Å². The van der Waals surface area contributed by atoms with Crippen LogP contribution in [0.4, 0.5) is 20.2 Å². The number of nitro groups is 1. The molecule has 0 spiro atoms. The molecule has 0 radical (unpaired) electrons. The zero-order valence-corrected chi connectivity index (χ0v) is 19.5. The molecule has 0 aromatic heterocycles. The summed E-state index contributed by atoms with van der Waals surface area (Å²) >= 11 is 0. The monoisotopic (exact) mass is 481 g/mol. The molecule has 1 saturated heterocycles. The number of hydrogen-bond donors (Lipinski definition) is 0. The van der Waals surface area contributed by atoms with Crippen LogP contribution in [0.5, 0.6) is 0 Å². The number of non-ortho nitro benzene ring substituents is 1. The first-order valence-electron chi connectivity index (χ1n) is 11.8. The quantitative estimate of drug-likeness (QED) is 0.215. The Bertz CT molecular complexity index is 1040. The van der Waals surface area contributed by atoms with E-state index in [9.17, 15) is 18.9 Å². The van der Waals surface area contributed by atoms with Crippen LogP contribution in [-0.2, 0) is 4.74 Å². The fourth-order valence-corrected chi connectivity index (χ4v) is 4.31. The van der Waals surface area contributed by atoms with E-state index in [1.807, 2.05) is 12.1 Å². The van der Waals surface area contributed by atoms with Gasteiger partial charge in [-0.15, -0.1) is 0 Å². The number of halogens is 2. The minimum Gasteiger partial charge on any atom is -0.369 e. The SMILES string of the molecule is O=[N+]([O-])c1ccc(N2CCN(CCCCOC(c3ccc(F)cc3)c3ccc(F)cc3)CC2)cc1. The van der Waals surface area contributed by atoms with Crippen molar-refractivity contribution < 1.29 is 18.4 Å². The van der Waals surface area contributed by atoms with E-state index in [0.717, 1.165) is 62.4 Å². The Hall–Kier alpha value is -3.36. The fraction of sp³-hybridized carbons (Fsp3) is 0.333. The topological polar surface area (TPSA) is 58.9 Å². The van der Waals surface area contributed by atoms with E-state index in [2.05, 4.69) is 9.80 Å². The summed E-state index contributed by atoms with van der Waals surface area (Å²) in [5.41, 5.74) is 2.78. The van der Waals surface area contributed by atoms with E-state index in [1.165, 1.54) is 24.3 Å². The Morgan fingerprint density at radius 1 is 0.800 bits per heavy atom. The molecule has 184 valence electrons. The lowest BCUT2D eigenvalue weighted by atomic mass is 10.0. The van der Waals surface area contributed by atoms with E-state index in [-0.39, 0.29) is 28.3 Å². The maximum atomic E-state index is 13.4. The lowest BCUT2D eigenvalue weighted by molar-refractivity contribution is -0.384. The second-order valence-electron chi connectivity index (χ2n) is 8.66. The first kappa shape index (κ1) is 24.8. The molecule has 0 N–H and O–H groups in total. The molecule has 3 aromatic carbocycles. The van der Waals surface area contributed by atoms with Gasteiger partial charge in [-0.05, 0) is 66.9 Å². The van der Waals surface area contributed by atoms with Crippen LogP contribution in [0.1, 0.15) is 30.1 Å². The molecule has 1 heterocycles. The third kappa shape index (κ3) is 6.83. The Balaban J connectivity index is 1.22. The zero-order valence-electron chi connectivity index (χ0n) is 19.5. The molecule has 0 amide bonds. The van der Waals surface area contributed by atoms with Crippen molar-refractivity contribution in [2.45, 2.75) is 18.9 Å². The molecule has 0 unspecified atom stereocenters. The second kappa shape index (κ2) is 11.9. The van der Waals surface area contributed by atoms with Gasteiger partial charge in [0.15, 0.2) is 0 Å². The van der Waals surface area contributed by atoms with Crippen LogP contribution in [0.2, 0.25) is 0 Å². The lowest BCUT2D eigenvalue weighted by Gasteiger charge is -2.36. The van der Waals surface area contributed by atoms with Crippen LogP contribution in [0.25, 0.3) is 0 Å². The van der Waals surface area contributed by atoms with E-state index >= 15 is 0 Å². The van der Waals surface area contributed by atoms with Crippen molar-refractivity contribution in [1.29, 1.82) is 0 Å². The second-order valence-corrected chi connectivity index (χ2v) is 8.66. The summed E-state index contributed by atoms with van der Waals surface area (Å²) in [7, 11) is 0. The summed E-state index contributed by atoms with van der Waals surface area (Å²) < 4.78 is 32.9. The number of nitrogens with zero attached hydrogens (tertiary/aromatic N) is 3. The highest BCUT2D eigenvalue weighted by Gasteiger charge is 2.18. The van der Waals surface area contributed by atoms with Gasteiger partial charge < -0.3 is 9.64 Å². The molecular weight excluding hydrogens is 452 g/mol. The van der Waals surface area contributed by atoms with Crippen LogP contribution in [0.3, 0.4) is 0 Å². The summed E-state index contributed by atoms with van der Waals surface area (Å²) in [4.78, 5) is 15.1. The Labute approximate surface area is 203 Å². The highest BCUT2D eigenvalue weighted by Crippen LogP contribution is 2.27. The number of rotatable bonds is 10. The maximum absolute atomic E-state index is 13.4. The van der Waals surface area contributed by atoms with E-state index in [1.54, 1.807) is 36.4 Å². The fourth-order valence-electron chi connectivity index (χ4n) is 4.31. The normalized spacial score (nSPS) is 14.4. The van der Waals surface area contributed by atoms with Gasteiger partial charge >= 0.3 is 0 Å². The standard InChI is InChI=1S/C27H29F2N3O3/c28-23-7-3-21(4-8-23)27(22-5-9-24(29)10-6-22)35-20-2-1-15-30-16-18-31(19-17-30)25-11-13-26(14-12-25)32(33)34/h3-14,27H,1-2,15-20H2. The molecule has 8 heteroatoms. The van der Waals surface area contributed by atoms with Crippen molar-refractivity contribution in [3.8, 4) is 0 Å². The number of piperazine rings is 1. The van der Waals surface area contributed by atoms with Crippen molar-refractivity contribution in [1.82, 2.24) is 4.90 Å². The molecule has 4 rings (SSSR count). The Morgan fingerprint density at radius 3 is 1.86 bits per heavy atom. The van der Waals surface area contributed by atoms with E-state index in [0.29, 0.717) is 6.61 Å². The smallest absolute Gasteiger partial charge is 0.269 e. The number of hydrogen-bond acceptors (Lipinski definition) is 5. The predicted octanol–water partition coefficient (Wildman–Crippen LogP) is 5.58. The molecule has 6 nitrogen and oxygen atoms in total. The van der Waals surface area contributed by atoms with Gasteiger partial charge in [0.05, 0.1) is 4.92 Å². The third-order valence-corrected chi connectivity index (χ3v) is 6.30. The molecule has 1 aliphatic rings. The van der Waals surface area contributed by atoms with E-state index < -0.39 is 0 Å². The zero-order chi connectivity index (χ0) is 24.6. The minimum absolute atomic E-state index is 0.107. The summed E-state index contributed by atoms with van der Waals surface area (Å²) in [5.74, 6) is -0.611. The number of nitro benzene ring substituents is 1. The predicted molar refractivity (Wildman–Crippen MR) is 132 cm³/mol. The number of ether oxygens (including phenoxy) is 1. The molecule has 0 aliphatic carbocycles. The summed E-state index contributed by atoms with van der Waals surface area (Å²) in [5, 5.41) is 10.8. The Morgan fingerprint density at radius 2 is 1.34 bits per heavy atom. The average molecular weight is 482 g/mol. The largest absolute Gasteiger partial charge is 0.369 e. The minimum atomic E-state index is -0.382. The molecule has 3 aromatic rings. The van der Waals surface area contributed by atoms with Gasteiger partial charge in [0.25, 0.3) is 5.69 Å². The van der Waals surface area contributed by atoms with Crippen molar-refractivity contribution in [2.75, 3.05) is 44.2 Å². The van der Waals surface area contributed by atoms with Gasteiger partial charge in [-0.3, -0.25) is 15.0 Å². The highest BCUT2D eigenvalue weighted by molar-refractivity contribution is 5.51. The molecular formula is C27H29F2N3O3. The van der Waals surface area contributed by atoms with E-state index in [4.69, 9.17) is 4.74 Å². The highest BCUT2D eigenvalue weighted by atomic mass is 19.1. The molecule has 0 atom stereocenters. The first-order valence-corrected chi connectivity index (χ1v) is 11.8. The lowest BCUT2D eigenvalue weighted by Crippen LogP contribution is -2.46. The van der Waals surface area contributed by atoms with Crippen LogP contribution in [0.15, 0.2) is 72.8 Å². The van der Waals surface area contributed by atoms with Gasteiger partial charge in [0.2, 0.25) is 0 Å². The molecule has 1 fully saturated rings. The summed E-state index contributed by atoms with van der Waals surface area (Å²) in [6, 6.07) is 19.2. The number of benzene rings is 3. The number of anilines is 1. The molecule has 1 aliphatic heterocycles. The number of unbranched alkanes of at least 4 members (excludes halogenated alkanes) is 1. The summed E-state index contributed by atoms with van der Waals surface area (Å²) in [6.07, 6.45) is 1.49. The van der Waals surface area contributed by atoms with Crippen LogP contribution in [0, 0.1) is 21.7 Å². The molecule has 0 bridgehead atoms. The molecule has 35 heavy (non-hydrogen) atoms. The van der Waals surface area contributed by atoms with Gasteiger partial charge in [-0.1, -0.05) is 24.3 Å². The van der Waals surface area contributed by atoms with Crippen LogP contribution < -0.4 is 4.90 Å². The average Bonchev–Trinajstić information content (AvgIpc) is 2.88. The van der Waals surface area contributed by atoms with Crippen LogP contribution >= 0.6 is 0 Å². The van der Waals surface area contributed by atoms with Crippen molar-refractivity contribution in [3.05, 3.63) is 106 Å². The van der Waals surface area contributed by atoms with Crippen molar-refractivity contribution >= 4 is 11.4 Å². The van der Waals surface area contributed by atoms with Gasteiger partial charge in [-0.2, -0.15) is 0 Å². The molecule has 0 saturated carbocycles. The first-order chi connectivity index (χ1) is 17.0. The van der Waals surface area contributed by atoms with Gasteiger partial charge in [-0.25, -0.2) is 8.78 Å². The van der Waals surface area contributed by atoms with Crippen LogP contribution in [-0.4, -0.2) is 49.2 Å². The van der Waals surface area contributed by atoms with Gasteiger partial charge in [0, 0.05) is 50.6 Å². The summed E-state index contributed by atoms with van der Waals surface area (Å²) in [6.45, 7) is 5.14. The van der Waals surface area contributed by atoms with Gasteiger partial charge in [0.1, 0.15) is 17.7 Å². The Kier molecular flexibility index (Phi) is 8.39. The van der Waals surface area contributed by atoms with Crippen molar-refractivity contribution in [2.24, 2.45) is 0 Å². The third-order valence-electron chi connectivity index (χ3n) is 6.30. The maximum Gasteiger partial charge on any atom is 0.269 e.